The molecule has 5 aromatic rings. The SMILES string of the molecule is COC(=O)c1cc(OC)c2c(c1)nc(-c1cc3ccccc3n1CC1CC1)n2Cc1cnn(COCC[Si](C)(C)C)c1. The zero-order valence-electron chi connectivity index (χ0n) is 25.1. The van der Waals surface area contributed by atoms with Gasteiger partial charge in [-0.2, -0.15) is 5.10 Å². The van der Waals surface area contributed by atoms with E-state index in [1.165, 1.54) is 30.9 Å². The number of benzene rings is 2. The fourth-order valence-corrected chi connectivity index (χ4v) is 6.16. The van der Waals surface area contributed by atoms with Crippen LogP contribution in [0.2, 0.25) is 25.7 Å². The number of esters is 1. The highest BCUT2D eigenvalue weighted by Gasteiger charge is 2.27. The summed E-state index contributed by atoms with van der Waals surface area (Å²) in [4.78, 5) is 17.7. The molecule has 1 fully saturated rings. The zero-order valence-corrected chi connectivity index (χ0v) is 26.1. The van der Waals surface area contributed by atoms with Crippen LogP contribution in [0.1, 0.15) is 28.8 Å². The van der Waals surface area contributed by atoms with Gasteiger partial charge < -0.3 is 23.3 Å². The minimum atomic E-state index is -1.15. The van der Waals surface area contributed by atoms with E-state index in [9.17, 15) is 4.79 Å². The molecule has 42 heavy (non-hydrogen) atoms. The maximum Gasteiger partial charge on any atom is 0.338 e. The number of methoxy groups -OCH3 is 2. The molecular formula is C32H39N5O4Si. The Bertz CT molecular complexity index is 1740. The van der Waals surface area contributed by atoms with E-state index in [0.29, 0.717) is 36.0 Å². The number of rotatable bonds is 12. The first kappa shape index (κ1) is 28.2. The predicted molar refractivity (Wildman–Crippen MR) is 167 cm³/mol. The van der Waals surface area contributed by atoms with Crippen molar-refractivity contribution in [3.63, 3.8) is 0 Å². The van der Waals surface area contributed by atoms with Crippen LogP contribution in [0.15, 0.2) is 54.9 Å². The first-order chi connectivity index (χ1) is 20.2. The molecule has 0 saturated heterocycles. The first-order valence-corrected chi connectivity index (χ1v) is 18.3. The van der Waals surface area contributed by atoms with Crippen LogP contribution in [0, 0.1) is 5.92 Å². The molecule has 0 unspecified atom stereocenters. The van der Waals surface area contributed by atoms with E-state index >= 15 is 0 Å². The Kier molecular flexibility index (Phi) is 7.67. The summed E-state index contributed by atoms with van der Waals surface area (Å²) in [6.45, 7) is 9.69. The summed E-state index contributed by atoms with van der Waals surface area (Å²) in [5, 5.41) is 5.75. The van der Waals surface area contributed by atoms with Gasteiger partial charge in [-0.05, 0) is 49.1 Å². The topological polar surface area (TPSA) is 85.3 Å². The third-order valence-corrected chi connectivity index (χ3v) is 9.58. The molecule has 6 rings (SSSR count). The van der Waals surface area contributed by atoms with Gasteiger partial charge in [0.1, 0.15) is 18.0 Å². The number of hydrogen-bond acceptors (Lipinski definition) is 6. The number of nitrogens with zero attached hydrogens (tertiary/aromatic N) is 5. The van der Waals surface area contributed by atoms with Gasteiger partial charge in [-0.15, -0.1) is 0 Å². The highest BCUT2D eigenvalue weighted by Crippen LogP contribution is 2.38. The van der Waals surface area contributed by atoms with Gasteiger partial charge in [-0.1, -0.05) is 37.8 Å². The molecule has 0 spiro atoms. The van der Waals surface area contributed by atoms with Gasteiger partial charge in [0, 0.05) is 43.9 Å². The molecule has 220 valence electrons. The minimum Gasteiger partial charge on any atom is -0.494 e. The molecule has 0 aliphatic heterocycles. The third-order valence-electron chi connectivity index (χ3n) is 7.87. The van der Waals surface area contributed by atoms with E-state index in [1.54, 1.807) is 19.2 Å². The largest absolute Gasteiger partial charge is 0.494 e. The molecule has 1 saturated carbocycles. The van der Waals surface area contributed by atoms with Gasteiger partial charge in [0.05, 0.1) is 43.7 Å². The van der Waals surface area contributed by atoms with Gasteiger partial charge in [0.2, 0.25) is 0 Å². The van der Waals surface area contributed by atoms with Crippen molar-refractivity contribution < 1.29 is 19.0 Å². The Morgan fingerprint density at radius 1 is 1.07 bits per heavy atom. The molecule has 0 bridgehead atoms. The second kappa shape index (κ2) is 11.4. The van der Waals surface area contributed by atoms with Crippen molar-refractivity contribution in [3.8, 4) is 17.3 Å². The summed E-state index contributed by atoms with van der Waals surface area (Å²) < 4.78 is 23.2. The molecule has 0 N–H and O–H groups in total. The van der Waals surface area contributed by atoms with Crippen LogP contribution in [-0.2, 0) is 29.3 Å². The normalized spacial score (nSPS) is 13.7. The van der Waals surface area contributed by atoms with E-state index in [4.69, 9.17) is 19.2 Å². The molecule has 1 aliphatic rings. The van der Waals surface area contributed by atoms with Crippen LogP contribution in [0.5, 0.6) is 5.75 Å². The fourth-order valence-electron chi connectivity index (χ4n) is 5.40. The zero-order chi connectivity index (χ0) is 29.4. The summed E-state index contributed by atoms with van der Waals surface area (Å²) in [6.07, 6.45) is 6.40. The summed E-state index contributed by atoms with van der Waals surface area (Å²) in [5.74, 6) is 1.64. The lowest BCUT2D eigenvalue weighted by Crippen LogP contribution is -2.22. The third kappa shape index (κ3) is 5.87. The Balaban J connectivity index is 1.43. The van der Waals surface area contributed by atoms with Crippen molar-refractivity contribution in [3.05, 3.63) is 66.0 Å². The fraction of sp³-hybridized carbons (Fsp3) is 0.406. The van der Waals surface area contributed by atoms with E-state index in [-0.39, 0.29) is 0 Å². The molecule has 1 aliphatic carbocycles. The molecule has 10 heteroatoms. The number of ether oxygens (including phenoxy) is 3. The summed E-state index contributed by atoms with van der Waals surface area (Å²) in [5.41, 5.74) is 5.16. The monoisotopic (exact) mass is 585 g/mol. The molecule has 3 aromatic heterocycles. The standard InChI is InChI=1S/C32H39N5O4Si/c1-39-29-16-25(32(38)40-2)14-26-30(29)37(20-23-17-33-35(18-23)21-41-12-13-42(3,4)5)31(34-26)28-15-24-8-6-7-9-27(24)36(28)19-22-10-11-22/h6-9,14-18,22H,10-13,19-21H2,1-5H3. The van der Waals surface area contributed by atoms with Crippen molar-refractivity contribution in [2.45, 2.75) is 58.3 Å². The van der Waals surface area contributed by atoms with Crippen LogP contribution >= 0.6 is 0 Å². The predicted octanol–water partition coefficient (Wildman–Crippen LogP) is 6.42. The molecule has 0 atom stereocenters. The number of carbonyl (C=O) groups is 1. The smallest absolute Gasteiger partial charge is 0.338 e. The van der Waals surface area contributed by atoms with Crippen molar-refractivity contribution >= 4 is 36.0 Å². The van der Waals surface area contributed by atoms with E-state index < -0.39 is 14.0 Å². The van der Waals surface area contributed by atoms with E-state index in [1.807, 2.05) is 17.1 Å². The number of para-hydroxylation sites is 1. The maximum atomic E-state index is 12.5. The molecule has 0 radical (unpaired) electrons. The van der Waals surface area contributed by atoms with Gasteiger partial charge >= 0.3 is 5.97 Å². The van der Waals surface area contributed by atoms with Crippen molar-refractivity contribution in [2.24, 2.45) is 5.92 Å². The van der Waals surface area contributed by atoms with Gasteiger partial charge in [0.15, 0.2) is 5.82 Å². The van der Waals surface area contributed by atoms with Crippen LogP contribution in [0.3, 0.4) is 0 Å². The van der Waals surface area contributed by atoms with Crippen LogP contribution < -0.4 is 4.74 Å². The number of hydrogen-bond donors (Lipinski definition) is 0. The summed E-state index contributed by atoms with van der Waals surface area (Å²) >= 11 is 0. The highest BCUT2D eigenvalue weighted by atomic mass is 28.3. The summed E-state index contributed by atoms with van der Waals surface area (Å²) in [6, 6.07) is 15.3. The first-order valence-electron chi connectivity index (χ1n) is 14.6. The van der Waals surface area contributed by atoms with Crippen molar-refractivity contribution in [2.75, 3.05) is 20.8 Å². The van der Waals surface area contributed by atoms with Crippen molar-refractivity contribution in [1.82, 2.24) is 23.9 Å². The second-order valence-corrected chi connectivity index (χ2v) is 18.1. The van der Waals surface area contributed by atoms with Crippen LogP contribution in [0.4, 0.5) is 0 Å². The van der Waals surface area contributed by atoms with Gasteiger partial charge in [0.25, 0.3) is 0 Å². The van der Waals surface area contributed by atoms with Gasteiger partial charge in [-0.3, -0.25) is 0 Å². The van der Waals surface area contributed by atoms with Crippen molar-refractivity contribution in [1.29, 1.82) is 0 Å². The van der Waals surface area contributed by atoms with E-state index in [0.717, 1.165) is 41.8 Å². The molecule has 2 aromatic carbocycles. The maximum absolute atomic E-state index is 12.5. The quantitative estimate of drug-likeness (QED) is 0.0954. The van der Waals surface area contributed by atoms with Crippen LogP contribution in [0.25, 0.3) is 33.5 Å². The lowest BCUT2D eigenvalue weighted by molar-refractivity contribution is 0.0600. The molecule has 3 heterocycles. The number of imidazole rings is 1. The number of aromatic nitrogens is 5. The average molecular weight is 586 g/mol. The second-order valence-electron chi connectivity index (χ2n) is 12.4. The van der Waals surface area contributed by atoms with Gasteiger partial charge in [-0.25, -0.2) is 14.5 Å². The highest BCUT2D eigenvalue weighted by molar-refractivity contribution is 6.76. The average Bonchev–Trinajstić information content (AvgIpc) is 3.39. The summed E-state index contributed by atoms with van der Waals surface area (Å²) in [7, 11) is 1.85. The number of fused-ring (bicyclic) bond motifs is 2. The lowest BCUT2D eigenvalue weighted by Gasteiger charge is -2.15. The molecule has 9 nitrogen and oxygen atoms in total. The Morgan fingerprint density at radius 2 is 1.88 bits per heavy atom. The minimum absolute atomic E-state index is 0.403. The molecular weight excluding hydrogens is 546 g/mol. The van der Waals surface area contributed by atoms with E-state index in [2.05, 4.69) is 64.2 Å². The van der Waals surface area contributed by atoms with Crippen LogP contribution in [-0.4, -0.2) is 58.8 Å². The lowest BCUT2D eigenvalue weighted by atomic mass is 10.2. The Labute approximate surface area is 247 Å². The molecule has 0 amide bonds. The Hall–Kier alpha value is -3.89. The number of carbonyl (C=O) groups excluding carboxylic acids is 1. The Morgan fingerprint density at radius 3 is 2.62 bits per heavy atom.